The molecule has 1 N–H and O–H groups in total. The van der Waals surface area contributed by atoms with E-state index in [0.29, 0.717) is 0 Å². The summed E-state index contributed by atoms with van der Waals surface area (Å²) >= 11 is 0. The van der Waals surface area contributed by atoms with Crippen LogP contribution in [-0.4, -0.2) is 18.7 Å². The van der Waals surface area contributed by atoms with E-state index < -0.39 is 35.9 Å². The van der Waals surface area contributed by atoms with Crippen molar-refractivity contribution >= 4 is 12.1 Å². The second-order valence-corrected chi connectivity index (χ2v) is 4.78. The van der Waals surface area contributed by atoms with E-state index in [9.17, 15) is 26.7 Å². The third-order valence-electron chi connectivity index (χ3n) is 2.88. The number of amides is 1. The Balaban J connectivity index is 1.86. The fraction of sp³-hybridized carbons (Fsp3) is 0.125. The number of nitrogens with zero attached hydrogens (tertiary/aromatic N) is 1. The number of ether oxygens (including phenoxy) is 1. The Morgan fingerprint density at radius 1 is 1.12 bits per heavy atom. The summed E-state index contributed by atoms with van der Waals surface area (Å²) in [5.74, 6) is -2.95. The summed E-state index contributed by atoms with van der Waals surface area (Å²) in [4.78, 5) is 11.5. The molecule has 0 saturated heterocycles. The van der Waals surface area contributed by atoms with Crippen LogP contribution in [0.15, 0.2) is 47.6 Å². The van der Waals surface area contributed by atoms with E-state index in [2.05, 4.69) is 5.10 Å². The minimum Gasteiger partial charge on any atom is -0.484 e. The number of hydrogen-bond acceptors (Lipinski definition) is 3. The highest BCUT2D eigenvalue weighted by atomic mass is 19.4. The standard InChI is InChI=1S/C16H11F5N2O2/c17-13-5-4-10(6-14(13)18)8-22-23-15(24)9-25-12-3-1-2-11(7-12)16(19,20)21/h1-8H,9H2,(H,23,24)/b22-8+. The monoisotopic (exact) mass is 358 g/mol. The van der Waals surface area contributed by atoms with Gasteiger partial charge >= 0.3 is 6.18 Å². The lowest BCUT2D eigenvalue weighted by Gasteiger charge is -2.09. The van der Waals surface area contributed by atoms with Crippen molar-refractivity contribution in [3.05, 3.63) is 65.2 Å². The largest absolute Gasteiger partial charge is 0.484 e. The molecule has 2 aromatic rings. The number of carbonyl (C=O) groups excluding carboxylic acids is 1. The van der Waals surface area contributed by atoms with Crippen LogP contribution in [0.25, 0.3) is 0 Å². The zero-order valence-electron chi connectivity index (χ0n) is 12.5. The SMILES string of the molecule is O=C(COc1cccc(C(F)(F)F)c1)N/N=C/c1ccc(F)c(F)c1. The van der Waals surface area contributed by atoms with Crippen LogP contribution in [0.1, 0.15) is 11.1 Å². The quantitative estimate of drug-likeness (QED) is 0.505. The van der Waals surface area contributed by atoms with E-state index in [4.69, 9.17) is 4.74 Å². The number of nitrogens with one attached hydrogen (secondary N) is 1. The maximum atomic E-state index is 13.0. The smallest absolute Gasteiger partial charge is 0.416 e. The van der Waals surface area contributed by atoms with Gasteiger partial charge in [0.1, 0.15) is 5.75 Å². The van der Waals surface area contributed by atoms with Gasteiger partial charge in [-0.2, -0.15) is 18.3 Å². The summed E-state index contributed by atoms with van der Waals surface area (Å²) in [7, 11) is 0. The van der Waals surface area contributed by atoms with Crippen LogP contribution < -0.4 is 10.2 Å². The van der Waals surface area contributed by atoms with Crippen molar-refractivity contribution in [3.63, 3.8) is 0 Å². The highest BCUT2D eigenvalue weighted by molar-refractivity contribution is 5.82. The molecule has 0 saturated carbocycles. The Morgan fingerprint density at radius 3 is 2.56 bits per heavy atom. The molecular weight excluding hydrogens is 347 g/mol. The molecule has 0 spiro atoms. The number of alkyl halides is 3. The lowest BCUT2D eigenvalue weighted by Crippen LogP contribution is -2.24. The molecule has 0 aliphatic rings. The van der Waals surface area contributed by atoms with Crippen molar-refractivity contribution < 1.29 is 31.5 Å². The van der Waals surface area contributed by atoms with E-state index in [1.807, 2.05) is 5.43 Å². The van der Waals surface area contributed by atoms with Crippen molar-refractivity contribution in [2.24, 2.45) is 5.10 Å². The lowest BCUT2D eigenvalue weighted by atomic mass is 10.2. The second-order valence-electron chi connectivity index (χ2n) is 4.78. The van der Waals surface area contributed by atoms with Gasteiger partial charge in [0.25, 0.3) is 5.91 Å². The van der Waals surface area contributed by atoms with Crippen LogP contribution in [0, 0.1) is 11.6 Å². The number of hydrogen-bond donors (Lipinski definition) is 1. The minimum atomic E-state index is -4.52. The van der Waals surface area contributed by atoms with E-state index in [0.717, 1.165) is 36.5 Å². The molecule has 0 radical (unpaired) electrons. The fourth-order valence-corrected chi connectivity index (χ4v) is 1.71. The molecule has 2 rings (SSSR count). The highest BCUT2D eigenvalue weighted by Gasteiger charge is 2.30. The topological polar surface area (TPSA) is 50.7 Å². The molecule has 0 heterocycles. The first-order chi connectivity index (χ1) is 11.8. The first-order valence-electron chi connectivity index (χ1n) is 6.83. The van der Waals surface area contributed by atoms with Gasteiger partial charge in [0.15, 0.2) is 18.2 Å². The molecule has 9 heteroatoms. The van der Waals surface area contributed by atoms with Gasteiger partial charge in [-0.1, -0.05) is 12.1 Å². The van der Waals surface area contributed by atoms with E-state index in [1.54, 1.807) is 0 Å². The maximum Gasteiger partial charge on any atom is 0.416 e. The summed E-state index contributed by atoms with van der Waals surface area (Å²) in [5, 5.41) is 3.51. The first-order valence-corrected chi connectivity index (χ1v) is 6.83. The Morgan fingerprint density at radius 2 is 1.88 bits per heavy atom. The number of benzene rings is 2. The van der Waals surface area contributed by atoms with Crippen molar-refractivity contribution in [1.82, 2.24) is 5.43 Å². The lowest BCUT2D eigenvalue weighted by molar-refractivity contribution is -0.137. The van der Waals surface area contributed by atoms with Crippen molar-refractivity contribution in [3.8, 4) is 5.75 Å². The number of hydrazone groups is 1. The summed E-state index contributed by atoms with van der Waals surface area (Å²) in [5.41, 5.74) is 1.35. The summed E-state index contributed by atoms with van der Waals surface area (Å²) < 4.78 is 68.3. The van der Waals surface area contributed by atoms with Gasteiger partial charge in [0, 0.05) is 0 Å². The van der Waals surface area contributed by atoms with Crippen molar-refractivity contribution in [2.75, 3.05) is 6.61 Å². The predicted octanol–water partition coefficient (Wildman–Crippen LogP) is 3.51. The Hall–Kier alpha value is -2.97. The Kier molecular flexibility index (Phi) is 5.68. The minimum absolute atomic E-state index is 0.130. The van der Waals surface area contributed by atoms with Crippen LogP contribution in [0.4, 0.5) is 22.0 Å². The van der Waals surface area contributed by atoms with E-state index >= 15 is 0 Å². The van der Waals surface area contributed by atoms with E-state index in [-0.39, 0.29) is 11.3 Å². The zero-order valence-corrected chi connectivity index (χ0v) is 12.5. The number of carbonyl (C=O) groups is 1. The zero-order chi connectivity index (χ0) is 18.4. The molecule has 0 aromatic heterocycles. The molecule has 0 fully saturated rings. The average Bonchev–Trinajstić information content (AvgIpc) is 2.56. The van der Waals surface area contributed by atoms with Gasteiger partial charge in [-0.05, 0) is 35.9 Å². The third kappa shape index (κ3) is 5.55. The first kappa shape index (κ1) is 18.4. The molecular formula is C16H11F5N2O2. The average molecular weight is 358 g/mol. The van der Waals surface area contributed by atoms with Crippen LogP contribution in [0.3, 0.4) is 0 Å². The summed E-state index contributed by atoms with van der Waals surface area (Å²) in [6, 6.07) is 7.08. The van der Waals surface area contributed by atoms with Gasteiger partial charge in [0.2, 0.25) is 0 Å². The molecule has 0 unspecified atom stereocenters. The molecule has 4 nitrogen and oxygen atoms in total. The summed E-state index contributed by atoms with van der Waals surface area (Å²) in [6.07, 6.45) is -3.44. The van der Waals surface area contributed by atoms with Gasteiger partial charge < -0.3 is 4.74 Å². The number of halogens is 5. The fourth-order valence-electron chi connectivity index (χ4n) is 1.71. The van der Waals surface area contributed by atoms with Gasteiger partial charge in [0.05, 0.1) is 11.8 Å². The van der Waals surface area contributed by atoms with Crippen LogP contribution >= 0.6 is 0 Å². The number of rotatable bonds is 5. The third-order valence-corrected chi connectivity index (χ3v) is 2.88. The second kappa shape index (κ2) is 7.73. The van der Waals surface area contributed by atoms with Crippen LogP contribution in [-0.2, 0) is 11.0 Å². The molecule has 0 bridgehead atoms. The molecule has 1 amide bonds. The van der Waals surface area contributed by atoms with Crippen LogP contribution in [0.2, 0.25) is 0 Å². The van der Waals surface area contributed by atoms with Gasteiger partial charge in [-0.25, -0.2) is 14.2 Å². The van der Waals surface area contributed by atoms with Gasteiger partial charge in [-0.15, -0.1) is 0 Å². The highest BCUT2D eigenvalue weighted by Crippen LogP contribution is 2.31. The molecule has 0 aliphatic heterocycles. The van der Waals surface area contributed by atoms with Crippen molar-refractivity contribution in [2.45, 2.75) is 6.18 Å². The molecule has 25 heavy (non-hydrogen) atoms. The normalized spacial score (nSPS) is 11.6. The molecule has 2 aromatic carbocycles. The van der Waals surface area contributed by atoms with Crippen molar-refractivity contribution in [1.29, 1.82) is 0 Å². The Labute approximate surface area is 138 Å². The van der Waals surface area contributed by atoms with Gasteiger partial charge in [-0.3, -0.25) is 4.79 Å². The van der Waals surface area contributed by atoms with E-state index in [1.165, 1.54) is 12.1 Å². The predicted molar refractivity (Wildman–Crippen MR) is 79.0 cm³/mol. The molecule has 132 valence electrons. The summed E-state index contributed by atoms with van der Waals surface area (Å²) in [6.45, 7) is -0.573. The van der Waals surface area contributed by atoms with Crippen LogP contribution in [0.5, 0.6) is 5.75 Å². The Bertz CT molecular complexity index is 790. The molecule has 0 atom stereocenters. The molecule has 0 aliphatic carbocycles. The maximum absolute atomic E-state index is 13.0.